The molecule has 0 radical (unpaired) electrons. The Bertz CT molecular complexity index is 171. The van der Waals surface area contributed by atoms with Gasteiger partial charge in [-0.25, -0.2) is 4.39 Å². The van der Waals surface area contributed by atoms with Crippen molar-refractivity contribution in [2.75, 3.05) is 6.86 Å². The molecule has 0 aromatic carbocycles. The minimum Gasteiger partial charge on any atom is -0.283 e. The Kier molecular flexibility index (Phi) is 3.12. The van der Waals surface area contributed by atoms with Crippen LogP contribution in [0.4, 0.5) is 35.1 Å². The minimum atomic E-state index is -6.49. The Labute approximate surface area is 66.3 Å². The summed E-state index contributed by atoms with van der Waals surface area (Å²) in [4.78, 5) is 0. The van der Waals surface area contributed by atoms with E-state index in [-0.39, 0.29) is 0 Å². The fourth-order valence-corrected chi connectivity index (χ4v) is 0.324. The van der Waals surface area contributed by atoms with Crippen molar-refractivity contribution in [2.24, 2.45) is 0 Å². The molecular formula is C4H2F8O. The van der Waals surface area contributed by atoms with Gasteiger partial charge in [0.15, 0.2) is 6.86 Å². The molecule has 0 amide bonds. The summed E-state index contributed by atoms with van der Waals surface area (Å²) in [5.74, 6) is -6.41. The fourth-order valence-electron chi connectivity index (χ4n) is 0.324. The van der Waals surface area contributed by atoms with Crippen molar-refractivity contribution in [1.82, 2.24) is 0 Å². The van der Waals surface area contributed by atoms with E-state index in [1.807, 2.05) is 0 Å². The average molecular weight is 218 g/mol. The largest absolute Gasteiger partial charge is 0.462 e. The van der Waals surface area contributed by atoms with Gasteiger partial charge in [-0.2, -0.15) is 30.7 Å². The molecule has 0 unspecified atom stereocenters. The lowest BCUT2D eigenvalue weighted by molar-refractivity contribution is -0.428. The van der Waals surface area contributed by atoms with Gasteiger partial charge < -0.3 is 0 Å². The van der Waals surface area contributed by atoms with E-state index in [0.29, 0.717) is 0 Å². The first-order chi connectivity index (χ1) is 5.56. The van der Waals surface area contributed by atoms with Crippen LogP contribution in [0.5, 0.6) is 0 Å². The van der Waals surface area contributed by atoms with Crippen LogP contribution in [0.25, 0.3) is 0 Å². The summed E-state index contributed by atoms with van der Waals surface area (Å²) in [6, 6.07) is 0. The van der Waals surface area contributed by atoms with Crippen LogP contribution in [0.2, 0.25) is 0 Å². The van der Waals surface area contributed by atoms with Crippen LogP contribution in [0.3, 0.4) is 0 Å². The van der Waals surface area contributed by atoms with E-state index in [4.69, 9.17) is 0 Å². The molecule has 0 N–H and O–H groups in total. The van der Waals surface area contributed by atoms with Crippen LogP contribution >= 0.6 is 0 Å². The third kappa shape index (κ3) is 2.20. The molecule has 0 atom stereocenters. The van der Waals surface area contributed by atoms with E-state index in [1.54, 1.807) is 0 Å². The first-order valence-corrected chi connectivity index (χ1v) is 2.58. The number of rotatable bonds is 3. The van der Waals surface area contributed by atoms with Gasteiger partial charge in [-0.1, -0.05) is 0 Å². The molecule has 80 valence electrons. The molecule has 0 spiro atoms. The zero-order valence-electron chi connectivity index (χ0n) is 5.64. The molecule has 0 aliphatic heterocycles. The highest BCUT2D eigenvalue weighted by Crippen LogP contribution is 2.46. The average Bonchev–Trinajstić information content (AvgIpc) is 1.84. The zero-order valence-corrected chi connectivity index (χ0v) is 5.64. The molecule has 0 aromatic heterocycles. The second kappa shape index (κ2) is 3.28. The SMILES string of the molecule is FCOC(F)(F)C(F)(F)C(F)(F)F. The van der Waals surface area contributed by atoms with Crippen LogP contribution < -0.4 is 0 Å². The van der Waals surface area contributed by atoms with E-state index in [9.17, 15) is 35.1 Å². The summed E-state index contributed by atoms with van der Waals surface area (Å²) < 4.78 is 94.0. The number of hydrogen-bond acceptors (Lipinski definition) is 1. The van der Waals surface area contributed by atoms with Crippen molar-refractivity contribution >= 4 is 0 Å². The molecule has 0 rings (SSSR count). The highest BCUT2D eigenvalue weighted by atomic mass is 19.4. The first-order valence-electron chi connectivity index (χ1n) is 2.58. The molecule has 0 fully saturated rings. The van der Waals surface area contributed by atoms with Crippen LogP contribution in [-0.2, 0) is 4.74 Å². The Balaban J connectivity index is 4.81. The quantitative estimate of drug-likeness (QED) is 0.661. The zero-order chi connectivity index (χ0) is 10.9. The lowest BCUT2D eigenvalue weighted by Crippen LogP contribution is -2.53. The molecular weight excluding hydrogens is 216 g/mol. The van der Waals surface area contributed by atoms with E-state index < -0.39 is 25.1 Å². The van der Waals surface area contributed by atoms with Crippen molar-refractivity contribution in [1.29, 1.82) is 0 Å². The number of alkyl halides is 8. The van der Waals surface area contributed by atoms with Crippen molar-refractivity contribution in [3.8, 4) is 0 Å². The van der Waals surface area contributed by atoms with E-state index in [0.717, 1.165) is 0 Å². The van der Waals surface area contributed by atoms with Gasteiger partial charge in [0.1, 0.15) is 0 Å². The maximum atomic E-state index is 11.8. The predicted molar refractivity (Wildman–Crippen MR) is 23.0 cm³/mol. The molecule has 0 saturated carbocycles. The summed E-state index contributed by atoms with van der Waals surface area (Å²) >= 11 is 0. The smallest absolute Gasteiger partial charge is 0.283 e. The van der Waals surface area contributed by atoms with Crippen molar-refractivity contribution in [3.63, 3.8) is 0 Å². The topological polar surface area (TPSA) is 9.23 Å². The minimum absolute atomic E-state index is 2.35. The molecule has 1 nitrogen and oxygen atoms in total. The van der Waals surface area contributed by atoms with Crippen LogP contribution in [0.15, 0.2) is 0 Å². The van der Waals surface area contributed by atoms with Crippen LogP contribution in [-0.4, -0.2) is 25.1 Å². The summed E-state index contributed by atoms with van der Waals surface area (Å²) in [7, 11) is 0. The Morgan fingerprint density at radius 3 is 1.46 bits per heavy atom. The molecule has 0 aliphatic carbocycles. The highest BCUT2D eigenvalue weighted by Gasteiger charge is 2.74. The highest BCUT2D eigenvalue weighted by molar-refractivity contribution is 4.84. The summed E-state index contributed by atoms with van der Waals surface area (Å²) in [5, 5.41) is 0. The Morgan fingerprint density at radius 1 is 0.846 bits per heavy atom. The molecule has 0 bridgehead atoms. The number of hydrogen-bond donors (Lipinski definition) is 0. The predicted octanol–water partition coefficient (Wildman–Crippen LogP) is 2.72. The lowest BCUT2D eigenvalue weighted by atomic mass is 10.3. The molecule has 0 aliphatic rings. The molecule has 13 heavy (non-hydrogen) atoms. The van der Waals surface area contributed by atoms with Gasteiger partial charge in [-0.15, -0.1) is 0 Å². The molecule has 9 heteroatoms. The third-order valence-corrected chi connectivity index (χ3v) is 0.957. The number of halogens is 8. The monoisotopic (exact) mass is 218 g/mol. The van der Waals surface area contributed by atoms with Gasteiger partial charge in [0.05, 0.1) is 0 Å². The van der Waals surface area contributed by atoms with Crippen molar-refractivity contribution < 1.29 is 39.9 Å². The van der Waals surface area contributed by atoms with E-state index >= 15 is 0 Å². The summed E-state index contributed by atoms with van der Waals surface area (Å²) in [6.45, 7) is -2.45. The van der Waals surface area contributed by atoms with Gasteiger partial charge >= 0.3 is 18.2 Å². The Hall–Kier alpha value is -0.600. The van der Waals surface area contributed by atoms with Gasteiger partial charge in [0.25, 0.3) is 0 Å². The normalized spacial score (nSPS) is 14.8. The maximum Gasteiger partial charge on any atom is 0.462 e. The summed E-state index contributed by atoms with van der Waals surface area (Å²) in [5.41, 5.74) is 0. The number of ether oxygens (including phenoxy) is 1. The second-order valence-corrected chi connectivity index (χ2v) is 1.84. The van der Waals surface area contributed by atoms with E-state index in [2.05, 4.69) is 4.74 Å². The lowest BCUT2D eigenvalue weighted by Gasteiger charge is -2.26. The van der Waals surface area contributed by atoms with Gasteiger partial charge in [0, 0.05) is 0 Å². The third-order valence-electron chi connectivity index (χ3n) is 0.957. The van der Waals surface area contributed by atoms with Gasteiger partial charge in [-0.3, -0.25) is 4.74 Å². The van der Waals surface area contributed by atoms with Gasteiger partial charge in [0.2, 0.25) is 0 Å². The van der Waals surface area contributed by atoms with Crippen molar-refractivity contribution in [2.45, 2.75) is 18.2 Å². The molecule has 0 saturated heterocycles. The van der Waals surface area contributed by atoms with E-state index in [1.165, 1.54) is 0 Å². The maximum absolute atomic E-state index is 11.8. The summed E-state index contributed by atoms with van der Waals surface area (Å²) in [6.07, 6.45) is -12.4. The second-order valence-electron chi connectivity index (χ2n) is 1.84. The van der Waals surface area contributed by atoms with Crippen molar-refractivity contribution in [3.05, 3.63) is 0 Å². The standard InChI is InChI=1S/C4H2F8O/c5-1-13-4(11,12)2(6,7)3(8,9)10/h1H2. The van der Waals surface area contributed by atoms with Crippen LogP contribution in [0, 0.1) is 0 Å². The van der Waals surface area contributed by atoms with Gasteiger partial charge in [-0.05, 0) is 0 Å². The fraction of sp³-hybridized carbons (Fsp3) is 1.00. The molecule has 0 aromatic rings. The molecule has 0 heterocycles. The Morgan fingerprint density at radius 2 is 1.23 bits per heavy atom. The van der Waals surface area contributed by atoms with Crippen LogP contribution in [0.1, 0.15) is 0 Å². The first kappa shape index (κ1) is 12.4.